The molecule has 0 saturated heterocycles. The summed E-state index contributed by atoms with van der Waals surface area (Å²) in [4.78, 5) is 12.2. The molecule has 0 fully saturated rings. The largest absolute Gasteiger partial charge is 0.503 e. The Bertz CT molecular complexity index is 676. The topological polar surface area (TPSA) is 58.6 Å². The number of phenolic OH excluding ortho intramolecular Hbond substituents is 1. The zero-order valence-electron chi connectivity index (χ0n) is 11.2. The van der Waals surface area contributed by atoms with Crippen molar-refractivity contribution in [1.29, 1.82) is 0 Å². The van der Waals surface area contributed by atoms with Gasteiger partial charge in [0.25, 0.3) is 5.91 Å². The van der Waals surface area contributed by atoms with E-state index in [-0.39, 0.29) is 22.4 Å². The Labute approximate surface area is 135 Å². The van der Waals surface area contributed by atoms with Crippen molar-refractivity contribution in [2.24, 2.45) is 0 Å². The average Bonchev–Trinajstić information content (AvgIpc) is 2.43. The highest BCUT2D eigenvalue weighted by molar-refractivity contribution is 9.10. The van der Waals surface area contributed by atoms with E-state index < -0.39 is 0 Å². The van der Waals surface area contributed by atoms with Gasteiger partial charge in [-0.15, -0.1) is 0 Å². The van der Waals surface area contributed by atoms with E-state index in [0.717, 1.165) is 4.47 Å². The van der Waals surface area contributed by atoms with Crippen molar-refractivity contribution in [3.8, 4) is 11.5 Å². The number of amides is 1. The lowest BCUT2D eigenvalue weighted by Crippen LogP contribution is -2.12. The Morgan fingerprint density at radius 1 is 1.38 bits per heavy atom. The first kappa shape index (κ1) is 15.7. The summed E-state index contributed by atoms with van der Waals surface area (Å²) in [5.41, 5.74) is 0.956. The molecule has 6 heteroatoms. The number of hydrogen-bond donors (Lipinski definition) is 2. The summed E-state index contributed by atoms with van der Waals surface area (Å²) in [6.07, 6.45) is 0. The molecule has 0 heterocycles. The third-order valence-corrected chi connectivity index (χ3v) is 3.45. The van der Waals surface area contributed by atoms with Crippen LogP contribution in [-0.4, -0.2) is 17.6 Å². The molecule has 4 nitrogen and oxygen atoms in total. The van der Waals surface area contributed by atoms with Crippen LogP contribution in [-0.2, 0) is 0 Å². The van der Waals surface area contributed by atoms with E-state index in [1.165, 1.54) is 12.1 Å². The molecule has 2 rings (SSSR count). The molecule has 0 unspecified atom stereocenters. The molecule has 0 aliphatic carbocycles. The van der Waals surface area contributed by atoms with Crippen molar-refractivity contribution in [2.75, 3.05) is 11.9 Å². The maximum absolute atomic E-state index is 12.2. The molecule has 0 aliphatic heterocycles. The number of nitrogens with one attached hydrogen (secondary N) is 1. The molecule has 2 N–H and O–H groups in total. The van der Waals surface area contributed by atoms with Gasteiger partial charge in [0.15, 0.2) is 11.5 Å². The molecule has 2 aromatic carbocycles. The monoisotopic (exact) mass is 369 g/mol. The number of carbonyl (C=O) groups is 1. The van der Waals surface area contributed by atoms with E-state index in [2.05, 4.69) is 21.2 Å². The number of ether oxygens (including phenoxy) is 1. The van der Waals surface area contributed by atoms with Crippen LogP contribution >= 0.6 is 27.5 Å². The van der Waals surface area contributed by atoms with Crippen molar-refractivity contribution < 1.29 is 14.6 Å². The van der Waals surface area contributed by atoms with Gasteiger partial charge in [0.05, 0.1) is 11.6 Å². The van der Waals surface area contributed by atoms with Crippen LogP contribution in [0, 0.1) is 0 Å². The number of rotatable bonds is 4. The van der Waals surface area contributed by atoms with Gasteiger partial charge in [-0.3, -0.25) is 4.79 Å². The summed E-state index contributed by atoms with van der Waals surface area (Å²) in [6.45, 7) is 2.14. The van der Waals surface area contributed by atoms with Crippen LogP contribution in [0.2, 0.25) is 5.02 Å². The van der Waals surface area contributed by atoms with Gasteiger partial charge in [0.2, 0.25) is 0 Å². The predicted octanol–water partition coefficient (Wildman–Crippen LogP) is 4.46. The number of carbonyl (C=O) groups excluding carboxylic acids is 1. The smallest absolute Gasteiger partial charge is 0.255 e. The third-order valence-electron chi connectivity index (χ3n) is 2.67. The van der Waals surface area contributed by atoms with Gasteiger partial charge >= 0.3 is 0 Å². The molecular formula is C15H13BrClNO3. The van der Waals surface area contributed by atoms with Crippen LogP contribution in [0.25, 0.3) is 0 Å². The Hall–Kier alpha value is -1.72. The first-order chi connectivity index (χ1) is 10.0. The highest BCUT2D eigenvalue weighted by atomic mass is 79.9. The average molecular weight is 371 g/mol. The third kappa shape index (κ3) is 3.89. The van der Waals surface area contributed by atoms with E-state index in [9.17, 15) is 9.90 Å². The number of anilines is 1. The van der Waals surface area contributed by atoms with Crippen LogP contribution in [0.15, 0.2) is 40.9 Å². The van der Waals surface area contributed by atoms with Crippen molar-refractivity contribution in [3.63, 3.8) is 0 Å². The lowest BCUT2D eigenvalue weighted by molar-refractivity contribution is 0.102. The lowest BCUT2D eigenvalue weighted by atomic mass is 10.1. The molecule has 110 valence electrons. The molecule has 0 atom stereocenters. The maximum Gasteiger partial charge on any atom is 0.255 e. The fourth-order valence-corrected chi connectivity index (χ4v) is 2.35. The Balaban J connectivity index is 2.27. The van der Waals surface area contributed by atoms with Gasteiger partial charge < -0.3 is 15.2 Å². The van der Waals surface area contributed by atoms with Crippen molar-refractivity contribution in [1.82, 2.24) is 0 Å². The van der Waals surface area contributed by atoms with E-state index in [0.29, 0.717) is 17.9 Å². The van der Waals surface area contributed by atoms with Gasteiger partial charge in [-0.25, -0.2) is 0 Å². The molecule has 1 amide bonds. The van der Waals surface area contributed by atoms with E-state index in [1.54, 1.807) is 19.1 Å². The van der Waals surface area contributed by atoms with Gasteiger partial charge in [0, 0.05) is 15.7 Å². The second-order valence-corrected chi connectivity index (χ2v) is 5.53. The van der Waals surface area contributed by atoms with Crippen LogP contribution in [0.1, 0.15) is 17.3 Å². The first-order valence-corrected chi connectivity index (χ1v) is 7.40. The number of aromatic hydroxyl groups is 1. The summed E-state index contributed by atoms with van der Waals surface area (Å²) < 4.78 is 6.12. The number of benzene rings is 2. The molecule has 0 radical (unpaired) electrons. The van der Waals surface area contributed by atoms with Gasteiger partial charge in [-0.05, 0) is 37.3 Å². The standard InChI is InChI=1S/C15H13BrClNO3/c1-2-21-13-7-9(6-12(17)14(13)19)15(20)18-11-5-3-4-10(16)8-11/h3-8,19H,2H2,1H3,(H,18,20). The fraction of sp³-hybridized carbons (Fsp3) is 0.133. The first-order valence-electron chi connectivity index (χ1n) is 6.23. The fourth-order valence-electron chi connectivity index (χ4n) is 1.74. The lowest BCUT2D eigenvalue weighted by Gasteiger charge is -2.11. The zero-order chi connectivity index (χ0) is 15.4. The quantitative estimate of drug-likeness (QED) is 0.835. The van der Waals surface area contributed by atoms with E-state index >= 15 is 0 Å². The number of hydrogen-bond acceptors (Lipinski definition) is 3. The maximum atomic E-state index is 12.2. The second-order valence-electron chi connectivity index (χ2n) is 4.20. The van der Waals surface area contributed by atoms with Crippen molar-refractivity contribution >= 4 is 39.1 Å². The SMILES string of the molecule is CCOc1cc(C(=O)Nc2cccc(Br)c2)cc(Cl)c1O. The highest BCUT2D eigenvalue weighted by Gasteiger charge is 2.14. The molecule has 0 bridgehead atoms. The summed E-state index contributed by atoms with van der Waals surface area (Å²) in [6, 6.07) is 10.1. The van der Waals surface area contributed by atoms with Crippen LogP contribution in [0.5, 0.6) is 11.5 Å². The van der Waals surface area contributed by atoms with Crippen LogP contribution in [0.4, 0.5) is 5.69 Å². The Morgan fingerprint density at radius 2 is 2.14 bits per heavy atom. The molecule has 21 heavy (non-hydrogen) atoms. The summed E-state index contributed by atoms with van der Waals surface area (Å²) in [5.74, 6) is -0.321. The Kier molecular flexibility index (Phi) is 5.09. The van der Waals surface area contributed by atoms with E-state index in [4.69, 9.17) is 16.3 Å². The molecule has 0 spiro atoms. The molecule has 0 aliphatic rings. The number of phenols is 1. The molecular weight excluding hydrogens is 358 g/mol. The minimum Gasteiger partial charge on any atom is -0.503 e. The Morgan fingerprint density at radius 3 is 2.81 bits per heavy atom. The minimum absolute atomic E-state index is 0.0698. The zero-order valence-corrected chi connectivity index (χ0v) is 13.5. The number of halogens is 2. The summed E-state index contributed by atoms with van der Waals surface area (Å²) >= 11 is 9.25. The predicted molar refractivity (Wildman–Crippen MR) is 86.4 cm³/mol. The van der Waals surface area contributed by atoms with Crippen molar-refractivity contribution in [2.45, 2.75) is 6.92 Å². The van der Waals surface area contributed by atoms with Gasteiger partial charge in [0.1, 0.15) is 0 Å². The summed E-state index contributed by atoms with van der Waals surface area (Å²) in [7, 11) is 0. The normalized spacial score (nSPS) is 10.2. The van der Waals surface area contributed by atoms with Gasteiger partial charge in [-0.2, -0.15) is 0 Å². The van der Waals surface area contributed by atoms with Crippen LogP contribution in [0.3, 0.4) is 0 Å². The molecule has 0 aromatic heterocycles. The molecule has 2 aromatic rings. The second kappa shape index (κ2) is 6.83. The molecule has 0 saturated carbocycles. The minimum atomic E-state index is -0.337. The highest BCUT2D eigenvalue weighted by Crippen LogP contribution is 2.35. The summed E-state index contributed by atoms with van der Waals surface area (Å²) in [5, 5.41) is 12.6. The van der Waals surface area contributed by atoms with Crippen LogP contribution < -0.4 is 10.1 Å². The van der Waals surface area contributed by atoms with Gasteiger partial charge in [-0.1, -0.05) is 33.6 Å². The van der Waals surface area contributed by atoms with E-state index in [1.807, 2.05) is 12.1 Å². The van der Waals surface area contributed by atoms with Crippen molar-refractivity contribution in [3.05, 3.63) is 51.5 Å².